The molecule has 1 aromatic rings. The van der Waals surface area contributed by atoms with E-state index >= 15 is 0 Å². The van der Waals surface area contributed by atoms with Gasteiger partial charge in [0.1, 0.15) is 0 Å². The van der Waals surface area contributed by atoms with Crippen LogP contribution in [-0.4, -0.2) is 18.3 Å². The number of hydrogen-bond acceptors (Lipinski definition) is 1. The van der Waals surface area contributed by atoms with E-state index in [2.05, 4.69) is 37.4 Å². The second-order valence-corrected chi connectivity index (χ2v) is 4.69. The van der Waals surface area contributed by atoms with E-state index in [0.717, 1.165) is 12.8 Å². The van der Waals surface area contributed by atoms with Gasteiger partial charge in [0.05, 0.1) is 0 Å². The summed E-state index contributed by atoms with van der Waals surface area (Å²) in [7, 11) is 0. The first-order valence-electron chi connectivity index (χ1n) is 6.02. The third kappa shape index (κ3) is 5.22. The normalized spacial score (nSPS) is 10.3. The van der Waals surface area contributed by atoms with Gasteiger partial charge in [0, 0.05) is 18.8 Å². The van der Waals surface area contributed by atoms with Crippen molar-refractivity contribution in [3.63, 3.8) is 0 Å². The molecule has 1 N–H and O–H groups in total. The van der Waals surface area contributed by atoms with Gasteiger partial charge in [-0.1, -0.05) is 18.2 Å². The van der Waals surface area contributed by atoms with Crippen LogP contribution < -0.4 is 5.32 Å². The topological polar surface area (TPSA) is 29.1 Å². The molecule has 0 aromatic heterocycles. The number of hydrogen-bond donors (Lipinski definition) is 1. The van der Waals surface area contributed by atoms with Crippen LogP contribution >= 0.6 is 11.6 Å². The average molecular weight is 254 g/mol. The quantitative estimate of drug-likeness (QED) is 0.776. The lowest BCUT2D eigenvalue weighted by Crippen LogP contribution is -2.25. The van der Waals surface area contributed by atoms with Crippen LogP contribution in [0.5, 0.6) is 0 Å². The molecule has 0 heterocycles. The molecule has 0 unspecified atom stereocenters. The first-order valence-corrected chi connectivity index (χ1v) is 6.55. The molecule has 0 spiro atoms. The highest BCUT2D eigenvalue weighted by Crippen LogP contribution is 2.09. The van der Waals surface area contributed by atoms with Crippen LogP contribution in [-0.2, 0) is 11.2 Å². The summed E-state index contributed by atoms with van der Waals surface area (Å²) in [5, 5.41) is 2.90. The Hall–Kier alpha value is -1.02. The predicted molar refractivity (Wildman–Crippen MR) is 72.6 cm³/mol. The van der Waals surface area contributed by atoms with Crippen molar-refractivity contribution in [3.05, 3.63) is 34.9 Å². The maximum absolute atomic E-state index is 11.3. The zero-order chi connectivity index (χ0) is 12.7. The fourth-order valence-corrected chi connectivity index (χ4v) is 1.75. The Labute approximate surface area is 108 Å². The molecule has 1 aromatic carbocycles. The molecular formula is C14H20ClNO. The summed E-state index contributed by atoms with van der Waals surface area (Å²) in [6.07, 6.45) is 2.15. The van der Waals surface area contributed by atoms with E-state index < -0.39 is 0 Å². The lowest BCUT2D eigenvalue weighted by atomic mass is 10.0. The SMILES string of the molecule is Cc1ccc(CCNC(=O)CCCCl)cc1C. The van der Waals surface area contributed by atoms with Gasteiger partial charge in [0.2, 0.25) is 5.91 Å². The Balaban J connectivity index is 2.30. The number of benzene rings is 1. The molecule has 0 radical (unpaired) electrons. The minimum atomic E-state index is 0.0921. The molecule has 17 heavy (non-hydrogen) atoms. The standard InChI is InChI=1S/C14H20ClNO/c1-11-5-6-13(10-12(11)2)7-9-16-14(17)4-3-8-15/h5-6,10H,3-4,7-9H2,1-2H3,(H,16,17). The third-order valence-corrected chi connectivity index (χ3v) is 3.11. The number of rotatable bonds is 6. The van der Waals surface area contributed by atoms with Crippen molar-refractivity contribution in [2.45, 2.75) is 33.1 Å². The Morgan fingerprint density at radius 3 is 2.71 bits per heavy atom. The fourth-order valence-electron chi connectivity index (χ4n) is 1.62. The Morgan fingerprint density at radius 2 is 2.06 bits per heavy atom. The van der Waals surface area contributed by atoms with E-state index in [-0.39, 0.29) is 5.91 Å². The summed E-state index contributed by atoms with van der Waals surface area (Å²) in [5.74, 6) is 0.638. The summed E-state index contributed by atoms with van der Waals surface area (Å²) in [5.41, 5.74) is 3.88. The van der Waals surface area contributed by atoms with Crippen LogP contribution in [0.4, 0.5) is 0 Å². The molecule has 94 valence electrons. The van der Waals surface area contributed by atoms with Gasteiger partial charge < -0.3 is 5.32 Å². The highest BCUT2D eigenvalue weighted by Gasteiger charge is 2.01. The first kappa shape index (κ1) is 14.0. The monoisotopic (exact) mass is 253 g/mol. The lowest BCUT2D eigenvalue weighted by Gasteiger charge is -2.07. The van der Waals surface area contributed by atoms with Crippen molar-refractivity contribution in [2.75, 3.05) is 12.4 Å². The van der Waals surface area contributed by atoms with E-state index in [1.165, 1.54) is 16.7 Å². The van der Waals surface area contributed by atoms with Gasteiger partial charge in [-0.3, -0.25) is 4.79 Å². The van der Waals surface area contributed by atoms with Crippen LogP contribution in [0.25, 0.3) is 0 Å². The Kier molecular flexibility index (Phi) is 6.06. The van der Waals surface area contributed by atoms with Gasteiger partial charge in [-0.05, 0) is 43.4 Å². The molecule has 0 aliphatic heterocycles. The van der Waals surface area contributed by atoms with E-state index in [9.17, 15) is 4.79 Å². The molecule has 0 aliphatic rings. The van der Waals surface area contributed by atoms with Crippen LogP contribution in [0.15, 0.2) is 18.2 Å². The molecule has 2 nitrogen and oxygen atoms in total. The maximum Gasteiger partial charge on any atom is 0.220 e. The predicted octanol–water partition coefficient (Wildman–Crippen LogP) is 2.98. The van der Waals surface area contributed by atoms with E-state index in [1.54, 1.807) is 0 Å². The van der Waals surface area contributed by atoms with Crippen molar-refractivity contribution < 1.29 is 4.79 Å². The zero-order valence-corrected chi connectivity index (χ0v) is 11.3. The minimum absolute atomic E-state index is 0.0921. The zero-order valence-electron chi connectivity index (χ0n) is 10.6. The van der Waals surface area contributed by atoms with Crippen LogP contribution in [0.3, 0.4) is 0 Å². The van der Waals surface area contributed by atoms with Crippen molar-refractivity contribution in [1.82, 2.24) is 5.32 Å². The first-order chi connectivity index (χ1) is 8.13. The Morgan fingerprint density at radius 1 is 1.29 bits per heavy atom. The third-order valence-electron chi connectivity index (χ3n) is 2.84. The molecule has 0 saturated heterocycles. The summed E-state index contributed by atoms with van der Waals surface area (Å²) in [6.45, 7) is 4.91. The molecule has 0 fully saturated rings. The van der Waals surface area contributed by atoms with Crippen LogP contribution in [0.1, 0.15) is 29.5 Å². The van der Waals surface area contributed by atoms with Crippen molar-refractivity contribution >= 4 is 17.5 Å². The van der Waals surface area contributed by atoms with E-state index in [0.29, 0.717) is 18.8 Å². The van der Waals surface area contributed by atoms with Crippen LogP contribution in [0.2, 0.25) is 0 Å². The number of alkyl halides is 1. The summed E-state index contributed by atoms with van der Waals surface area (Å²) in [6, 6.07) is 6.42. The highest BCUT2D eigenvalue weighted by atomic mass is 35.5. The van der Waals surface area contributed by atoms with Crippen LogP contribution in [0, 0.1) is 13.8 Å². The van der Waals surface area contributed by atoms with Crippen molar-refractivity contribution in [2.24, 2.45) is 0 Å². The summed E-state index contributed by atoms with van der Waals surface area (Å²) in [4.78, 5) is 11.3. The van der Waals surface area contributed by atoms with Gasteiger partial charge in [0.15, 0.2) is 0 Å². The smallest absolute Gasteiger partial charge is 0.220 e. The van der Waals surface area contributed by atoms with Gasteiger partial charge >= 0.3 is 0 Å². The minimum Gasteiger partial charge on any atom is -0.356 e. The van der Waals surface area contributed by atoms with Gasteiger partial charge in [0.25, 0.3) is 0 Å². The second-order valence-electron chi connectivity index (χ2n) is 4.31. The number of aryl methyl sites for hydroxylation is 2. The molecule has 0 saturated carbocycles. The number of carbonyl (C=O) groups excluding carboxylic acids is 1. The van der Waals surface area contributed by atoms with E-state index in [1.807, 2.05) is 0 Å². The van der Waals surface area contributed by atoms with E-state index in [4.69, 9.17) is 11.6 Å². The largest absolute Gasteiger partial charge is 0.356 e. The second kappa shape index (κ2) is 7.33. The molecule has 1 amide bonds. The maximum atomic E-state index is 11.3. The van der Waals surface area contributed by atoms with Gasteiger partial charge in [-0.15, -0.1) is 11.6 Å². The highest BCUT2D eigenvalue weighted by molar-refractivity contribution is 6.17. The fraction of sp³-hybridized carbons (Fsp3) is 0.500. The number of carbonyl (C=O) groups is 1. The Bertz CT molecular complexity index is 376. The van der Waals surface area contributed by atoms with Crippen molar-refractivity contribution in [1.29, 1.82) is 0 Å². The lowest BCUT2D eigenvalue weighted by molar-refractivity contribution is -0.121. The number of amides is 1. The van der Waals surface area contributed by atoms with Gasteiger partial charge in [-0.2, -0.15) is 0 Å². The molecular weight excluding hydrogens is 234 g/mol. The molecule has 0 bridgehead atoms. The van der Waals surface area contributed by atoms with Crippen molar-refractivity contribution in [3.8, 4) is 0 Å². The van der Waals surface area contributed by atoms with Gasteiger partial charge in [-0.25, -0.2) is 0 Å². The number of nitrogens with one attached hydrogen (secondary N) is 1. The number of halogens is 1. The summed E-state index contributed by atoms with van der Waals surface area (Å²) < 4.78 is 0. The molecule has 3 heteroatoms. The average Bonchev–Trinajstić information content (AvgIpc) is 2.31. The molecule has 0 atom stereocenters. The molecule has 1 rings (SSSR count). The summed E-state index contributed by atoms with van der Waals surface area (Å²) >= 11 is 5.53. The molecule has 0 aliphatic carbocycles.